The molecule has 0 atom stereocenters. The van der Waals surface area contributed by atoms with Gasteiger partial charge in [-0.2, -0.15) is 0 Å². The molecule has 5 heteroatoms. The molecule has 5 rings (SSSR count). The number of carbonyl (C=O) groups is 1. The van der Waals surface area contributed by atoms with Crippen LogP contribution in [0, 0.1) is 0 Å². The first-order valence-electron chi connectivity index (χ1n) is 14.2. The van der Waals surface area contributed by atoms with Crippen LogP contribution in [0.15, 0.2) is 60.2 Å². The number of amides is 1. The average Bonchev–Trinajstić information content (AvgIpc) is 3.24. The van der Waals surface area contributed by atoms with Gasteiger partial charge in [-0.15, -0.1) is 11.3 Å². The number of ether oxygens (including phenoxy) is 1. The summed E-state index contributed by atoms with van der Waals surface area (Å²) in [5.74, 6) is 0.0120. The summed E-state index contributed by atoms with van der Waals surface area (Å²) in [6, 6.07) is 20.2. The maximum atomic E-state index is 13.2. The molecule has 2 heterocycles. The lowest BCUT2D eigenvalue weighted by atomic mass is 10.0. The van der Waals surface area contributed by atoms with Crippen molar-refractivity contribution < 1.29 is 9.53 Å². The first kappa shape index (κ1) is 26.9. The van der Waals surface area contributed by atoms with Crippen molar-refractivity contribution in [3.8, 4) is 10.4 Å². The normalized spacial score (nSPS) is 16.1. The Morgan fingerprint density at radius 1 is 1.03 bits per heavy atom. The van der Waals surface area contributed by atoms with Crippen LogP contribution in [0.3, 0.4) is 0 Å². The highest BCUT2D eigenvalue weighted by Crippen LogP contribution is 2.36. The monoisotopic (exact) mass is 528 g/mol. The zero-order valence-corrected chi connectivity index (χ0v) is 23.6. The smallest absolute Gasteiger partial charge is 0.251 e. The van der Waals surface area contributed by atoms with E-state index >= 15 is 0 Å². The van der Waals surface area contributed by atoms with Crippen LogP contribution in [-0.2, 0) is 28.9 Å². The second-order valence-corrected chi connectivity index (χ2v) is 11.9. The van der Waals surface area contributed by atoms with Gasteiger partial charge in [0.15, 0.2) is 0 Å². The van der Waals surface area contributed by atoms with E-state index in [2.05, 4.69) is 72.7 Å². The number of aryl methyl sites for hydroxylation is 2. The Kier molecular flexibility index (Phi) is 9.10. The first-order valence-corrected chi connectivity index (χ1v) is 15.0. The van der Waals surface area contributed by atoms with E-state index in [4.69, 9.17) is 4.74 Å². The Labute approximate surface area is 231 Å². The van der Waals surface area contributed by atoms with Crippen LogP contribution in [0.1, 0.15) is 67.0 Å². The lowest BCUT2D eigenvalue weighted by Gasteiger charge is -2.31. The van der Waals surface area contributed by atoms with Gasteiger partial charge in [-0.25, -0.2) is 0 Å². The Morgan fingerprint density at radius 3 is 2.50 bits per heavy atom. The van der Waals surface area contributed by atoms with Crippen LogP contribution < -0.4 is 5.32 Å². The SMILES string of the molecule is CCCCc1ccc(-c2cc3c(s2)CCCC(C(=O)Nc2ccc(CN(C)C4CCOCC4)cc2)=C3)cc1. The standard InChI is InChI=1S/C33H40N2O2S/c1-3-4-6-24-9-13-26(14-10-24)32-22-28-21-27(7-5-8-31(28)38-32)33(36)34-29-15-11-25(12-16-29)23-35(2)30-17-19-37-20-18-30/h9-16,21-22,30H,3-8,17-20,23H2,1-2H3,(H,34,36). The minimum absolute atomic E-state index is 0.0120. The third-order valence-corrected chi connectivity index (χ3v) is 9.09. The number of unbranched alkanes of at least 4 members (excludes halogenated alkanes) is 1. The zero-order valence-electron chi connectivity index (χ0n) is 22.8. The quantitative estimate of drug-likeness (QED) is 0.309. The number of nitrogens with one attached hydrogen (secondary N) is 1. The Balaban J connectivity index is 1.22. The third kappa shape index (κ3) is 6.82. The minimum Gasteiger partial charge on any atom is -0.381 e. The predicted molar refractivity (Wildman–Crippen MR) is 160 cm³/mol. The summed E-state index contributed by atoms with van der Waals surface area (Å²) in [5.41, 5.74) is 6.87. The van der Waals surface area contributed by atoms with E-state index in [-0.39, 0.29) is 5.91 Å². The Morgan fingerprint density at radius 2 is 1.76 bits per heavy atom. The number of carbonyl (C=O) groups excluding carboxylic acids is 1. The van der Waals surface area contributed by atoms with E-state index in [1.54, 1.807) is 0 Å². The number of nitrogens with zero attached hydrogens (tertiary/aromatic N) is 1. The van der Waals surface area contributed by atoms with Gasteiger partial charge in [-0.3, -0.25) is 9.69 Å². The summed E-state index contributed by atoms with van der Waals surface area (Å²) in [4.78, 5) is 18.3. The maximum absolute atomic E-state index is 13.2. The molecule has 0 saturated carbocycles. The topological polar surface area (TPSA) is 41.6 Å². The van der Waals surface area contributed by atoms with E-state index < -0.39 is 0 Å². The molecule has 1 aliphatic heterocycles. The second kappa shape index (κ2) is 12.9. The number of hydrogen-bond donors (Lipinski definition) is 1. The summed E-state index contributed by atoms with van der Waals surface area (Å²) >= 11 is 1.87. The van der Waals surface area contributed by atoms with Gasteiger partial charge >= 0.3 is 0 Å². The van der Waals surface area contributed by atoms with Crippen molar-refractivity contribution >= 4 is 29.0 Å². The van der Waals surface area contributed by atoms with Gasteiger partial charge in [-0.1, -0.05) is 49.7 Å². The molecule has 1 saturated heterocycles. The fourth-order valence-electron chi connectivity index (χ4n) is 5.45. The molecule has 0 bridgehead atoms. The number of hydrogen-bond acceptors (Lipinski definition) is 4. The molecule has 0 unspecified atom stereocenters. The second-order valence-electron chi connectivity index (χ2n) is 10.7. The molecular weight excluding hydrogens is 488 g/mol. The molecule has 1 amide bonds. The number of thiophene rings is 1. The summed E-state index contributed by atoms with van der Waals surface area (Å²) in [7, 11) is 2.19. The molecule has 2 aromatic carbocycles. The van der Waals surface area contributed by atoms with Gasteiger partial charge in [-0.05, 0) is 98.5 Å². The molecule has 38 heavy (non-hydrogen) atoms. The number of benzene rings is 2. The van der Waals surface area contributed by atoms with E-state index in [0.29, 0.717) is 6.04 Å². The van der Waals surface area contributed by atoms with Crippen LogP contribution in [0.4, 0.5) is 5.69 Å². The molecule has 1 fully saturated rings. The van der Waals surface area contributed by atoms with Gasteiger partial charge in [0.1, 0.15) is 0 Å². The number of anilines is 1. The summed E-state index contributed by atoms with van der Waals surface area (Å²) in [5, 5.41) is 3.14. The molecule has 1 aliphatic carbocycles. The van der Waals surface area contributed by atoms with Crippen LogP contribution >= 0.6 is 11.3 Å². The zero-order chi connectivity index (χ0) is 26.3. The molecule has 0 spiro atoms. The van der Waals surface area contributed by atoms with Crippen molar-refractivity contribution in [3.63, 3.8) is 0 Å². The van der Waals surface area contributed by atoms with Gasteiger partial charge in [0.25, 0.3) is 5.91 Å². The van der Waals surface area contributed by atoms with Gasteiger partial charge in [0, 0.05) is 46.8 Å². The number of rotatable bonds is 9. The summed E-state index contributed by atoms with van der Waals surface area (Å²) in [6.07, 6.45) is 10.7. The van der Waals surface area contributed by atoms with Gasteiger partial charge in [0.2, 0.25) is 0 Å². The molecule has 200 valence electrons. The van der Waals surface area contributed by atoms with Crippen molar-refractivity contribution in [3.05, 3.63) is 81.7 Å². The molecule has 1 N–H and O–H groups in total. The lowest BCUT2D eigenvalue weighted by molar-refractivity contribution is -0.112. The van der Waals surface area contributed by atoms with E-state index in [9.17, 15) is 4.79 Å². The maximum Gasteiger partial charge on any atom is 0.251 e. The van der Waals surface area contributed by atoms with E-state index in [1.807, 2.05) is 23.5 Å². The molecular formula is C33H40N2O2S. The van der Waals surface area contributed by atoms with Crippen LogP contribution in [0.25, 0.3) is 16.5 Å². The predicted octanol–water partition coefficient (Wildman–Crippen LogP) is 7.73. The molecule has 4 nitrogen and oxygen atoms in total. The highest BCUT2D eigenvalue weighted by Gasteiger charge is 2.19. The average molecular weight is 529 g/mol. The van der Waals surface area contributed by atoms with Crippen molar-refractivity contribution in [1.82, 2.24) is 4.90 Å². The number of fused-ring (bicyclic) bond motifs is 1. The van der Waals surface area contributed by atoms with Crippen molar-refractivity contribution in [2.24, 2.45) is 0 Å². The fraction of sp³-hybridized carbons (Fsp3) is 0.424. The third-order valence-electron chi connectivity index (χ3n) is 7.83. The highest BCUT2D eigenvalue weighted by atomic mass is 32.1. The Hall–Kier alpha value is -2.73. The van der Waals surface area contributed by atoms with Gasteiger partial charge in [0.05, 0.1) is 0 Å². The van der Waals surface area contributed by atoms with Crippen molar-refractivity contribution in [2.75, 3.05) is 25.6 Å². The van der Waals surface area contributed by atoms with Crippen LogP contribution in [0.2, 0.25) is 0 Å². The van der Waals surface area contributed by atoms with Crippen LogP contribution in [-0.4, -0.2) is 37.1 Å². The lowest BCUT2D eigenvalue weighted by Crippen LogP contribution is -2.36. The molecule has 0 radical (unpaired) electrons. The van der Waals surface area contributed by atoms with E-state index in [0.717, 1.165) is 69.5 Å². The fourth-order valence-corrected chi connectivity index (χ4v) is 6.63. The van der Waals surface area contributed by atoms with Crippen molar-refractivity contribution in [1.29, 1.82) is 0 Å². The highest BCUT2D eigenvalue weighted by molar-refractivity contribution is 7.15. The molecule has 1 aromatic heterocycles. The van der Waals surface area contributed by atoms with Crippen LogP contribution in [0.5, 0.6) is 0 Å². The van der Waals surface area contributed by atoms with Gasteiger partial charge < -0.3 is 10.1 Å². The van der Waals surface area contributed by atoms with E-state index in [1.165, 1.54) is 44.8 Å². The largest absolute Gasteiger partial charge is 0.381 e. The molecule has 3 aromatic rings. The van der Waals surface area contributed by atoms with Crippen molar-refractivity contribution in [2.45, 2.75) is 70.9 Å². The summed E-state index contributed by atoms with van der Waals surface area (Å²) in [6.45, 7) is 4.86. The Bertz CT molecular complexity index is 1240. The molecule has 2 aliphatic rings. The summed E-state index contributed by atoms with van der Waals surface area (Å²) < 4.78 is 5.50. The minimum atomic E-state index is 0.0120. The first-order chi connectivity index (χ1) is 18.6.